The minimum Gasteiger partial charge on any atom is -0.481 e. The molecular weight excluding hydrogens is 1220 g/mol. The van der Waals surface area contributed by atoms with Gasteiger partial charge in [-0.3, -0.25) is 14.4 Å². The molecule has 15 N–H and O–H groups in total. The van der Waals surface area contributed by atoms with Crippen LogP contribution in [0.25, 0.3) is 0 Å². The number of hydrogen-bond acceptors (Lipinski definition) is 28. The average Bonchev–Trinajstić information content (AvgIpc) is 0.670. The van der Waals surface area contributed by atoms with Crippen molar-refractivity contribution in [1.82, 2.24) is 0 Å². The zero-order chi connectivity index (χ0) is 67.9. The summed E-state index contributed by atoms with van der Waals surface area (Å²) in [5, 5.41) is 167. The Kier molecular flexibility index (Phi) is 19.9. The van der Waals surface area contributed by atoms with Crippen LogP contribution >= 0.6 is 0 Å². The standard InChI is InChI=1S/C62H96O30/c1-21-32(66)35(69)40(74)50(82-21)88-45-39(73)38(72)44(49(77)78)87-53(45)91-48-28(64)19-58(8)29-13-12-26-27-18-57(6,7)16-17-62(27,31(65)20-60(26,10)59(29,9)15-14-30(58)61(48,11)55(79)80)56(81)92-54-47(90-52-42(76)37(71)34(68)23(3)84-52)46(43(24(4)85-54)86-25(5)63)89-51-41(75)36(70)33(67)22(2)83-51/h12,21-24,27-48,50-54,64-76H,13-20H2,1-11H3,(H,77,78)(H,79,80). The molecule has 0 aromatic carbocycles. The number of aliphatic carboxylic acids is 2. The van der Waals surface area contributed by atoms with E-state index in [9.17, 15) is 91.0 Å². The van der Waals surface area contributed by atoms with Gasteiger partial charge in [0, 0.05) is 6.92 Å². The van der Waals surface area contributed by atoms with E-state index in [0.717, 1.165) is 12.5 Å². The number of carboxylic acids is 2. The number of carboxylic acid groups (broad SMARTS) is 2. The summed E-state index contributed by atoms with van der Waals surface area (Å²) in [4.78, 5) is 55.5. The summed E-state index contributed by atoms with van der Waals surface area (Å²) in [6.45, 7) is 18.2. The Hall–Kier alpha value is -3.26. The van der Waals surface area contributed by atoms with Crippen LogP contribution in [0.4, 0.5) is 0 Å². The minimum absolute atomic E-state index is 0.0395. The minimum atomic E-state index is -2.18. The lowest BCUT2D eigenvalue weighted by atomic mass is 9.33. The van der Waals surface area contributed by atoms with Crippen LogP contribution in [0.3, 0.4) is 0 Å². The molecule has 92 heavy (non-hydrogen) atoms. The summed E-state index contributed by atoms with van der Waals surface area (Å²) in [7, 11) is 0. The Labute approximate surface area is 531 Å². The number of carbonyl (C=O) groups excluding carboxylic acids is 2. The molecule has 0 bridgehead atoms. The van der Waals surface area contributed by atoms with E-state index in [2.05, 4.69) is 6.92 Å². The third-order valence-corrected chi connectivity index (χ3v) is 23.7. The number of fused-ring (bicyclic) bond motifs is 7. The zero-order valence-electron chi connectivity index (χ0n) is 53.5. The predicted octanol–water partition coefficient (Wildman–Crippen LogP) is -2.43. The topological polar surface area (TPSA) is 473 Å². The van der Waals surface area contributed by atoms with E-state index < -0.39 is 246 Å². The first kappa shape index (κ1) is 71.5. The molecule has 36 atom stereocenters. The van der Waals surface area contributed by atoms with Gasteiger partial charge in [0.2, 0.25) is 6.29 Å². The maximum Gasteiger partial charge on any atom is 0.335 e. The van der Waals surface area contributed by atoms with Gasteiger partial charge >= 0.3 is 23.9 Å². The second-order valence-corrected chi connectivity index (χ2v) is 29.7. The molecule has 0 spiro atoms. The second-order valence-electron chi connectivity index (χ2n) is 29.7. The van der Waals surface area contributed by atoms with Crippen molar-refractivity contribution in [2.75, 3.05) is 0 Å². The molecule has 10 rings (SSSR count). The van der Waals surface area contributed by atoms with Crippen LogP contribution in [0.15, 0.2) is 11.6 Å². The van der Waals surface area contributed by atoms with Crippen LogP contribution in [0.5, 0.6) is 0 Å². The summed E-state index contributed by atoms with van der Waals surface area (Å²) in [5.41, 5.74) is -6.19. The van der Waals surface area contributed by atoms with Crippen LogP contribution in [0, 0.1) is 50.2 Å². The molecule has 0 amide bonds. The number of esters is 2. The number of aliphatic hydroxyl groups is 13. The molecule has 30 heteroatoms. The summed E-state index contributed by atoms with van der Waals surface area (Å²) in [6.07, 6.45) is -45.0. The number of hydrogen-bond donors (Lipinski definition) is 15. The van der Waals surface area contributed by atoms with Gasteiger partial charge in [-0.2, -0.15) is 0 Å². The van der Waals surface area contributed by atoms with Crippen molar-refractivity contribution in [3.05, 3.63) is 11.6 Å². The highest BCUT2D eigenvalue weighted by atomic mass is 16.8. The second kappa shape index (κ2) is 25.5. The van der Waals surface area contributed by atoms with Gasteiger partial charge in [-0.1, -0.05) is 46.3 Å². The molecule has 0 aromatic rings. The molecule has 0 aromatic heterocycles. The van der Waals surface area contributed by atoms with Gasteiger partial charge in [0.25, 0.3) is 0 Å². The fraction of sp³-hybridized carbons (Fsp3) is 0.903. The molecule has 0 radical (unpaired) electrons. The van der Waals surface area contributed by atoms with Crippen LogP contribution in [-0.4, -0.2) is 272 Å². The lowest BCUT2D eigenvalue weighted by Gasteiger charge is -2.71. The first-order valence-corrected chi connectivity index (χ1v) is 32.0. The monoisotopic (exact) mass is 1320 g/mol. The van der Waals surface area contributed by atoms with E-state index >= 15 is 4.79 Å². The van der Waals surface area contributed by atoms with Crippen molar-refractivity contribution in [3.8, 4) is 0 Å². The third kappa shape index (κ3) is 11.6. The first-order valence-electron chi connectivity index (χ1n) is 32.0. The van der Waals surface area contributed by atoms with Crippen LogP contribution in [0.2, 0.25) is 0 Å². The lowest BCUT2D eigenvalue weighted by molar-refractivity contribution is -0.384. The molecule has 36 unspecified atom stereocenters. The summed E-state index contributed by atoms with van der Waals surface area (Å²) < 4.78 is 66.7. The van der Waals surface area contributed by atoms with Crippen molar-refractivity contribution in [3.63, 3.8) is 0 Å². The van der Waals surface area contributed by atoms with E-state index in [1.807, 2.05) is 33.8 Å². The van der Waals surface area contributed by atoms with Crippen molar-refractivity contribution >= 4 is 23.9 Å². The Morgan fingerprint density at radius 1 is 0.500 bits per heavy atom. The van der Waals surface area contributed by atoms with Gasteiger partial charge in [0.05, 0.1) is 42.0 Å². The van der Waals surface area contributed by atoms with Gasteiger partial charge in [-0.05, 0) is 125 Å². The molecule has 9 fully saturated rings. The Bertz CT molecular complexity index is 2750. The Morgan fingerprint density at radius 3 is 1.52 bits per heavy atom. The molecule has 5 heterocycles. The number of carbonyl (C=O) groups is 4. The quantitative estimate of drug-likeness (QED) is 0.0518. The molecule has 4 saturated carbocycles. The number of rotatable bonds is 13. The molecule has 10 aliphatic rings. The number of allylic oxidation sites excluding steroid dienone is 2. The Morgan fingerprint density at radius 2 is 1.01 bits per heavy atom. The van der Waals surface area contributed by atoms with Crippen molar-refractivity contribution in [1.29, 1.82) is 0 Å². The van der Waals surface area contributed by atoms with E-state index in [0.29, 0.717) is 19.3 Å². The van der Waals surface area contributed by atoms with E-state index in [1.165, 1.54) is 34.6 Å². The largest absolute Gasteiger partial charge is 0.481 e. The normalized spacial score (nSPS) is 54.2. The Balaban J connectivity index is 0.978. The third-order valence-electron chi connectivity index (χ3n) is 23.7. The van der Waals surface area contributed by atoms with Gasteiger partial charge in [0.1, 0.15) is 90.9 Å². The molecule has 5 aliphatic carbocycles. The summed E-state index contributed by atoms with van der Waals surface area (Å²) in [5.74, 6) is -6.97. The van der Waals surface area contributed by atoms with Crippen molar-refractivity contribution < 1.29 is 148 Å². The van der Waals surface area contributed by atoms with Gasteiger partial charge < -0.3 is 129 Å². The molecular formula is C62H96O30. The van der Waals surface area contributed by atoms with Crippen LogP contribution in [-0.2, 0) is 71.3 Å². The maximum absolute atomic E-state index is 16.0. The maximum atomic E-state index is 16.0. The predicted molar refractivity (Wildman–Crippen MR) is 305 cm³/mol. The number of aliphatic hydroxyl groups excluding tert-OH is 13. The smallest absolute Gasteiger partial charge is 0.335 e. The summed E-state index contributed by atoms with van der Waals surface area (Å²) >= 11 is 0. The van der Waals surface area contributed by atoms with Gasteiger partial charge in [0.15, 0.2) is 43.5 Å². The molecule has 30 nitrogen and oxygen atoms in total. The van der Waals surface area contributed by atoms with E-state index in [4.69, 9.17) is 52.1 Å². The van der Waals surface area contributed by atoms with Gasteiger partial charge in [-0.15, -0.1) is 0 Å². The highest BCUT2D eigenvalue weighted by Crippen LogP contribution is 2.76. The first-order chi connectivity index (χ1) is 42.7. The van der Waals surface area contributed by atoms with Crippen LogP contribution < -0.4 is 0 Å². The molecule has 5 aliphatic heterocycles. The fourth-order valence-corrected chi connectivity index (χ4v) is 18.2. The zero-order valence-corrected chi connectivity index (χ0v) is 53.5. The summed E-state index contributed by atoms with van der Waals surface area (Å²) in [6, 6.07) is 0. The van der Waals surface area contributed by atoms with E-state index in [-0.39, 0.29) is 32.1 Å². The average molecular weight is 1320 g/mol. The van der Waals surface area contributed by atoms with E-state index in [1.54, 1.807) is 0 Å². The van der Waals surface area contributed by atoms with Crippen molar-refractivity contribution in [2.45, 2.75) is 299 Å². The highest BCUT2D eigenvalue weighted by Gasteiger charge is 2.75. The lowest BCUT2D eigenvalue weighted by Crippen LogP contribution is -2.71. The highest BCUT2D eigenvalue weighted by molar-refractivity contribution is 5.80. The van der Waals surface area contributed by atoms with Gasteiger partial charge in [-0.25, -0.2) is 4.79 Å². The molecule has 5 saturated heterocycles. The number of ether oxygens (including phenoxy) is 11. The van der Waals surface area contributed by atoms with Crippen LogP contribution in [0.1, 0.15) is 128 Å². The SMILES string of the molecule is CC(=O)OC1C(C)OC(OC(=O)C23CCC(C)(C)CC2C2=CCC4C5(C)CC(O)C(OC6OC(C(=O)O)C(O)C(O)C6OC6OC(C)C(O)C(O)C6O)C(C)(C(=O)O)C5CCC4(C)C2(C)CC3O)C(OC2OC(C)C(O)C(O)C2O)C1OC1OC(C)C(O)C(O)C1O. The van der Waals surface area contributed by atoms with Crippen molar-refractivity contribution in [2.24, 2.45) is 50.2 Å². The molecule has 524 valence electrons. The fourth-order valence-electron chi connectivity index (χ4n) is 18.2.